The number of alkyl halides is 1. The van der Waals surface area contributed by atoms with E-state index in [0.29, 0.717) is 6.54 Å². The highest BCUT2D eigenvalue weighted by atomic mass is 33.1. The van der Waals surface area contributed by atoms with E-state index in [-0.39, 0.29) is 6.67 Å². The van der Waals surface area contributed by atoms with Crippen LogP contribution in [0.4, 0.5) is 4.39 Å². The number of hydrogen-bond acceptors (Lipinski definition) is 3. The van der Waals surface area contributed by atoms with E-state index in [0.717, 1.165) is 24.6 Å². The molecule has 1 heterocycles. The monoisotopic (exact) mass is 181 g/mol. The SMILES string of the molecule is FCCN1CCSSCC1. The molecule has 0 spiro atoms. The van der Waals surface area contributed by atoms with Crippen molar-refractivity contribution in [1.82, 2.24) is 4.90 Å². The van der Waals surface area contributed by atoms with Crippen LogP contribution in [0.5, 0.6) is 0 Å². The maximum Gasteiger partial charge on any atom is 0.102 e. The predicted molar refractivity (Wildman–Crippen MR) is 47.3 cm³/mol. The van der Waals surface area contributed by atoms with E-state index in [4.69, 9.17) is 0 Å². The molecule has 1 rings (SSSR count). The third-order valence-electron chi connectivity index (χ3n) is 1.47. The Bertz CT molecular complexity index is 83.8. The third-order valence-corrected chi connectivity index (χ3v) is 3.83. The second kappa shape index (κ2) is 5.27. The van der Waals surface area contributed by atoms with Gasteiger partial charge in [-0.05, 0) is 0 Å². The lowest BCUT2D eigenvalue weighted by Gasteiger charge is -2.15. The van der Waals surface area contributed by atoms with Crippen molar-refractivity contribution < 1.29 is 4.39 Å². The lowest BCUT2D eigenvalue weighted by atomic mass is 10.5. The van der Waals surface area contributed by atoms with Gasteiger partial charge in [0.1, 0.15) is 6.67 Å². The highest BCUT2D eigenvalue weighted by Gasteiger charge is 2.07. The second-order valence-electron chi connectivity index (χ2n) is 2.17. The summed E-state index contributed by atoms with van der Waals surface area (Å²) in [5, 5.41) is 0. The van der Waals surface area contributed by atoms with Gasteiger partial charge in [-0.1, -0.05) is 21.6 Å². The molecule has 0 radical (unpaired) electrons. The molecule has 1 nitrogen and oxygen atoms in total. The van der Waals surface area contributed by atoms with Crippen molar-refractivity contribution in [2.45, 2.75) is 0 Å². The van der Waals surface area contributed by atoms with Gasteiger partial charge in [-0.15, -0.1) is 0 Å². The van der Waals surface area contributed by atoms with Gasteiger partial charge in [-0.2, -0.15) is 0 Å². The van der Waals surface area contributed by atoms with Gasteiger partial charge in [0.05, 0.1) is 0 Å². The van der Waals surface area contributed by atoms with Gasteiger partial charge in [0.15, 0.2) is 0 Å². The molecule has 4 heteroatoms. The molecular weight excluding hydrogens is 169 g/mol. The highest BCUT2D eigenvalue weighted by Crippen LogP contribution is 2.23. The predicted octanol–water partition coefficient (Wildman–Crippen LogP) is 1.65. The Morgan fingerprint density at radius 2 is 1.80 bits per heavy atom. The summed E-state index contributed by atoms with van der Waals surface area (Å²) in [6.45, 7) is 2.54. The van der Waals surface area contributed by atoms with Crippen LogP contribution >= 0.6 is 21.6 Å². The number of nitrogens with zero attached hydrogens (tertiary/aromatic N) is 1. The molecule has 10 heavy (non-hydrogen) atoms. The molecular formula is C6H12FNS2. The Morgan fingerprint density at radius 3 is 2.30 bits per heavy atom. The van der Waals surface area contributed by atoms with E-state index < -0.39 is 0 Å². The smallest absolute Gasteiger partial charge is 0.102 e. The van der Waals surface area contributed by atoms with Crippen LogP contribution in [0.2, 0.25) is 0 Å². The summed E-state index contributed by atoms with van der Waals surface area (Å²) in [6.07, 6.45) is 0. The fourth-order valence-corrected chi connectivity index (χ4v) is 2.96. The zero-order valence-corrected chi connectivity index (χ0v) is 7.52. The molecule has 0 atom stereocenters. The van der Waals surface area contributed by atoms with Crippen molar-refractivity contribution in [3.05, 3.63) is 0 Å². The quantitative estimate of drug-likeness (QED) is 0.596. The van der Waals surface area contributed by atoms with Crippen molar-refractivity contribution in [3.8, 4) is 0 Å². The molecule has 0 unspecified atom stereocenters. The van der Waals surface area contributed by atoms with Crippen LogP contribution in [0.25, 0.3) is 0 Å². The van der Waals surface area contributed by atoms with Crippen LogP contribution in [0.1, 0.15) is 0 Å². The Labute approximate surface area is 69.1 Å². The highest BCUT2D eigenvalue weighted by molar-refractivity contribution is 8.76. The van der Waals surface area contributed by atoms with Crippen LogP contribution in [-0.4, -0.2) is 42.7 Å². The van der Waals surface area contributed by atoms with Crippen LogP contribution in [0.3, 0.4) is 0 Å². The number of rotatable bonds is 2. The lowest BCUT2D eigenvalue weighted by Crippen LogP contribution is -2.29. The van der Waals surface area contributed by atoms with Gasteiger partial charge < -0.3 is 0 Å². The molecule has 1 aliphatic heterocycles. The summed E-state index contributed by atoms with van der Waals surface area (Å²) in [5.41, 5.74) is 0. The molecule has 0 amide bonds. The van der Waals surface area contributed by atoms with E-state index in [1.54, 1.807) is 0 Å². The zero-order valence-electron chi connectivity index (χ0n) is 5.88. The number of hydrogen-bond donors (Lipinski definition) is 0. The topological polar surface area (TPSA) is 3.24 Å². The van der Waals surface area contributed by atoms with Gasteiger partial charge in [-0.3, -0.25) is 4.90 Å². The summed E-state index contributed by atoms with van der Waals surface area (Å²) >= 11 is 0. The molecule has 1 saturated heterocycles. The first kappa shape index (κ1) is 8.68. The first-order valence-corrected chi connectivity index (χ1v) is 5.95. The molecule has 60 valence electrons. The average molecular weight is 181 g/mol. The minimum absolute atomic E-state index is 0.199. The standard InChI is InChI=1S/C6H12FNS2/c7-1-2-8-3-5-9-10-6-4-8/h1-6H2. The maximum atomic E-state index is 11.9. The summed E-state index contributed by atoms with van der Waals surface area (Å²) in [7, 11) is 3.80. The van der Waals surface area contributed by atoms with E-state index in [9.17, 15) is 4.39 Å². The van der Waals surface area contributed by atoms with Crippen LogP contribution in [0, 0.1) is 0 Å². The molecule has 0 aliphatic carbocycles. The number of halogens is 1. The van der Waals surface area contributed by atoms with E-state index in [1.165, 1.54) is 0 Å². The zero-order chi connectivity index (χ0) is 7.23. The van der Waals surface area contributed by atoms with Crippen molar-refractivity contribution in [2.75, 3.05) is 37.8 Å². The largest absolute Gasteiger partial charge is 0.299 e. The molecule has 1 fully saturated rings. The maximum absolute atomic E-state index is 11.9. The van der Waals surface area contributed by atoms with Crippen molar-refractivity contribution in [3.63, 3.8) is 0 Å². The Balaban J connectivity index is 2.15. The van der Waals surface area contributed by atoms with E-state index in [2.05, 4.69) is 4.90 Å². The molecule has 0 aromatic carbocycles. The summed E-state index contributed by atoms with van der Waals surface area (Å²) in [6, 6.07) is 0. The van der Waals surface area contributed by atoms with Crippen molar-refractivity contribution >= 4 is 21.6 Å². The average Bonchev–Trinajstić information content (AvgIpc) is 2.17. The van der Waals surface area contributed by atoms with Crippen molar-refractivity contribution in [1.29, 1.82) is 0 Å². The second-order valence-corrected chi connectivity index (χ2v) is 4.88. The minimum Gasteiger partial charge on any atom is -0.299 e. The van der Waals surface area contributed by atoms with Gasteiger partial charge in [0.2, 0.25) is 0 Å². The van der Waals surface area contributed by atoms with Gasteiger partial charge in [-0.25, -0.2) is 4.39 Å². The molecule has 0 bridgehead atoms. The lowest BCUT2D eigenvalue weighted by molar-refractivity contribution is 0.276. The molecule has 0 N–H and O–H groups in total. The molecule has 1 aliphatic rings. The molecule has 0 aromatic rings. The third kappa shape index (κ3) is 3.12. The fourth-order valence-electron chi connectivity index (χ4n) is 0.906. The normalized spacial score (nSPS) is 22.5. The van der Waals surface area contributed by atoms with Crippen LogP contribution in [-0.2, 0) is 0 Å². The Kier molecular flexibility index (Phi) is 4.57. The first-order valence-electron chi connectivity index (χ1n) is 3.46. The molecule has 0 saturated carbocycles. The van der Waals surface area contributed by atoms with Gasteiger partial charge in [0.25, 0.3) is 0 Å². The summed E-state index contributed by atoms with van der Waals surface area (Å²) < 4.78 is 11.9. The minimum atomic E-state index is -0.199. The van der Waals surface area contributed by atoms with Gasteiger partial charge in [0, 0.05) is 31.1 Å². The van der Waals surface area contributed by atoms with E-state index >= 15 is 0 Å². The summed E-state index contributed by atoms with van der Waals surface area (Å²) in [4.78, 5) is 2.19. The van der Waals surface area contributed by atoms with Gasteiger partial charge >= 0.3 is 0 Å². The molecule has 0 aromatic heterocycles. The Hall–Kier alpha value is 0.590. The summed E-state index contributed by atoms with van der Waals surface area (Å²) in [5.74, 6) is 2.29. The van der Waals surface area contributed by atoms with Crippen LogP contribution in [0.15, 0.2) is 0 Å². The van der Waals surface area contributed by atoms with Crippen LogP contribution < -0.4 is 0 Å². The first-order chi connectivity index (χ1) is 4.93. The van der Waals surface area contributed by atoms with Crippen molar-refractivity contribution in [2.24, 2.45) is 0 Å². The Morgan fingerprint density at radius 1 is 1.20 bits per heavy atom. The van der Waals surface area contributed by atoms with E-state index in [1.807, 2.05) is 21.6 Å². The fraction of sp³-hybridized carbons (Fsp3) is 1.00.